The van der Waals surface area contributed by atoms with Crippen molar-refractivity contribution in [2.24, 2.45) is 5.41 Å². The highest BCUT2D eigenvalue weighted by Gasteiger charge is 2.41. The average molecular weight is 373 g/mol. The summed E-state index contributed by atoms with van der Waals surface area (Å²) in [6.07, 6.45) is 4.35. The second kappa shape index (κ2) is 5.99. The van der Waals surface area contributed by atoms with Crippen LogP contribution in [0, 0.1) is 5.41 Å². The molecule has 2 saturated heterocycles. The Hall–Kier alpha value is -0.430. The van der Waals surface area contributed by atoms with Crippen LogP contribution in [0.25, 0.3) is 0 Å². The third-order valence-electron chi connectivity index (χ3n) is 4.64. The SMILES string of the molecule is O=S(=O)(c1ccccc1Br)N1CCCC2(CCCNC2)C1. The Kier molecular flexibility index (Phi) is 4.41. The smallest absolute Gasteiger partial charge is 0.244 e. The zero-order valence-electron chi connectivity index (χ0n) is 12.0. The van der Waals surface area contributed by atoms with Crippen LogP contribution >= 0.6 is 15.9 Å². The fourth-order valence-electron chi connectivity index (χ4n) is 3.54. The van der Waals surface area contributed by atoms with E-state index in [4.69, 9.17) is 0 Å². The molecule has 2 aliphatic rings. The topological polar surface area (TPSA) is 49.4 Å². The van der Waals surface area contributed by atoms with Crippen molar-refractivity contribution < 1.29 is 8.42 Å². The van der Waals surface area contributed by atoms with Crippen molar-refractivity contribution in [1.82, 2.24) is 9.62 Å². The summed E-state index contributed by atoms with van der Waals surface area (Å²) in [4.78, 5) is 0.380. The molecule has 0 aliphatic carbocycles. The van der Waals surface area contributed by atoms with E-state index in [0.717, 1.165) is 38.8 Å². The number of benzene rings is 1. The van der Waals surface area contributed by atoms with Gasteiger partial charge in [0.2, 0.25) is 10.0 Å². The minimum Gasteiger partial charge on any atom is -0.316 e. The molecule has 1 aromatic rings. The largest absolute Gasteiger partial charge is 0.316 e. The molecule has 1 spiro atoms. The third kappa shape index (κ3) is 3.04. The Labute approximate surface area is 135 Å². The molecule has 116 valence electrons. The van der Waals surface area contributed by atoms with Crippen LogP contribution in [0.4, 0.5) is 0 Å². The first kappa shape index (κ1) is 15.5. The van der Waals surface area contributed by atoms with E-state index in [2.05, 4.69) is 21.2 Å². The minimum absolute atomic E-state index is 0.130. The van der Waals surface area contributed by atoms with E-state index in [1.807, 2.05) is 6.07 Å². The Balaban J connectivity index is 1.87. The van der Waals surface area contributed by atoms with Crippen molar-refractivity contribution in [3.8, 4) is 0 Å². The Morgan fingerprint density at radius 3 is 2.67 bits per heavy atom. The summed E-state index contributed by atoms with van der Waals surface area (Å²) in [6.45, 7) is 3.27. The summed E-state index contributed by atoms with van der Waals surface area (Å²) in [5.74, 6) is 0. The number of nitrogens with zero attached hydrogens (tertiary/aromatic N) is 1. The lowest BCUT2D eigenvalue weighted by atomic mass is 9.75. The molecular formula is C15H21BrN2O2S. The molecule has 0 amide bonds. The molecule has 0 saturated carbocycles. The molecule has 2 fully saturated rings. The van der Waals surface area contributed by atoms with Crippen LogP contribution in [0.3, 0.4) is 0 Å². The van der Waals surface area contributed by atoms with Gasteiger partial charge in [-0.25, -0.2) is 8.42 Å². The minimum atomic E-state index is -3.41. The molecule has 0 aromatic heterocycles. The van der Waals surface area contributed by atoms with Gasteiger partial charge in [0.25, 0.3) is 0 Å². The molecule has 21 heavy (non-hydrogen) atoms. The molecule has 6 heteroatoms. The fourth-order valence-corrected chi connectivity index (χ4v) is 6.09. The summed E-state index contributed by atoms with van der Waals surface area (Å²) in [5, 5.41) is 3.44. The predicted octanol–water partition coefficient (Wildman–Crippen LogP) is 2.60. The number of sulfonamides is 1. The van der Waals surface area contributed by atoms with Crippen molar-refractivity contribution in [2.45, 2.75) is 30.6 Å². The molecule has 0 bridgehead atoms. The van der Waals surface area contributed by atoms with Gasteiger partial charge in [-0.3, -0.25) is 0 Å². The van der Waals surface area contributed by atoms with Crippen LogP contribution in [0.2, 0.25) is 0 Å². The number of piperidine rings is 2. The standard InChI is InChI=1S/C15H21BrN2O2S/c16-13-5-1-2-6-14(13)21(19,20)18-10-4-8-15(12-18)7-3-9-17-11-15/h1-2,5-6,17H,3-4,7-12H2. The highest BCUT2D eigenvalue weighted by molar-refractivity contribution is 9.10. The van der Waals surface area contributed by atoms with Gasteiger partial charge >= 0.3 is 0 Å². The highest BCUT2D eigenvalue weighted by atomic mass is 79.9. The van der Waals surface area contributed by atoms with E-state index in [1.165, 1.54) is 0 Å². The van der Waals surface area contributed by atoms with Gasteiger partial charge in [0.15, 0.2) is 0 Å². The third-order valence-corrected chi connectivity index (χ3v) is 7.50. The molecule has 3 rings (SSSR count). The van der Waals surface area contributed by atoms with Gasteiger partial charge in [-0.15, -0.1) is 0 Å². The lowest BCUT2D eigenvalue weighted by Crippen LogP contribution is -2.52. The number of nitrogens with one attached hydrogen (secondary N) is 1. The quantitative estimate of drug-likeness (QED) is 0.867. The first-order chi connectivity index (χ1) is 10.0. The zero-order chi connectivity index (χ0) is 14.9. The monoisotopic (exact) mass is 372 g/mol. The second-order valence-corrected chi connectivity index (χ2v) is 8.91. The van der Waals surface area contributed by atoms with Gasteiger partial charge in [0.05, 0.1) is 4.90 Å². The molecule has 2 heterocycles. The van der Waals surface area contributed by atoms with E-state index >= 15 is 0 Å². The predicted molar refractivity (Wildman–Crippen MR) is 86.7 cm³/mol. The van der Waals surface area contributed by atoms with Gasteiger partial charge in [0, 0.05) is 24.1 Å². The van der Waals surface area contributed by atoms with Crippen LogP contribution in [-0.4, -0.2) is 38.9 Å². The van der Waals surface area contributed by atoms with E-state index in [-0.39, 0.29) is 5.41 Å². The molecule has 1 N–H and O–H groups in total. The van der Waals surface area contributed by atoms with Gasteiger partial charge in [-0.2, -0.15) is 4.31 Å². The van der Waals surface area contributed by atoms with Crippen LogP contribution in [0.15, 0.2) is 33.6 Å². The Morgan fingerprint density at radius 2 is 1.95 bits per heavy atom. The lowest BCUT2D eigenvalue weighted by molar-refractivity contribution is 0.110. The van der Waals surface area contributed by atoms with Crippen molar-refractivity contribution in [2.75, 3.05) is 26.2 Å². The van der Waals surface area contributed by atoms with Crippen molar-refractivity contribution in [1.29, 1.82) is 0 Å². The lowest BCUT2D eigenvalue weighted by Gasteiger charge is -2.44. The first-order valence-corrected chi connectivity index (χ1v) is 9.72. The highest BCUT2D eigenvalue weighted by Crippen LogP contribution is 2.38. The van der Waals surface area contributed by atoms with Crippen LogP contribution < -0.4 is 5.32 Å². The normalized spacial score (nSPS) is 27.9. The van der Waals surface area contributed by atoms with Gasteiger partial charge in [-0.05, 0) is 65.7 Å². The second-order valence-electron chi connectivity index (χ2n) is 6.15. The van der Waals surface area contributed by atoms with Crippen molar-refractivity contribution in [3.05, 3.63) is 28.7 Å². The molecule has 0 radical (unpaired) electrons. The maximum atomic E-state index is 12.9. The number of hydrogen-bond donors (Lipinski definition) is 1. The maximum Gasteiger partial charge on any atom is 0.244 e. The number of rotatable bonds is 2. The molecule has 2 aliphatic heterocycles. The summed E-state index contributed by atoms with van der Waals surface area (Å²) in [5.41, 5.74) is 0.130. The van der Waals surface area contributed by atoms with E-state index < -0.39 is 10.0 Å². The Morgan fingerprint density at radius 1 is 1.19 bits per heavy atom. The van der Waals surface area contributed by atoms with Crippen LogP contribution in [0.5, 0.6) is 0 Å². The number of halogens is 1. The number of hydrogen-bond acceptors (Lipinski definition) is 3. The molecule has 1 atom stereocenters. The molecule has 4 nitrogen and oxygen atoms in total. The maximum absolute atomic E-state index is 12.9. The molecule has 1 unspecified atom stereocenters. The van der Waals surface area contributed by atoms with E-state index in [9.17, 15) is 8.42 Å². The van der Waals surface area contributed by atoms with Gasteiger partial charge in [0.1, 0.15) is 0 Å². The van der Waals surface area contributed by atoms with Crippen LogP contribution in [0.1, 0.15) is 25.7 Å². The van der Waals surface area contributed by atoms with Crippen LogP contribution in [-0.2, 0) is 10.0 Å². The molecular weight excluding hydrogens is 352 g/mol. The summed E-state index contributed by atoms with van der Waals surface area (Å²) >= 11 is 3.37. The Bertz CT molecular complexity index is 606. The fraction of sp³-hybridized carbons (Fsp3) is 0.600. The molecule has 1 aromatic carbocycles. The summed E-state index contributed by atoms with van der Waals surface area (Å²) in [6, 6.07) is 7.08. The first-order valence-electron chi connectivity index (χ1n) is 7.49. The van der Waals surface area contributed by atoms with Gasteiger partial charge in [-0.1, -0.05) is 12.1 Å². The van der Waals surface area contributed by atoms with E-state index in [1.54, 1.807) is 22.5 Å². The zero-order valence-corrected chi connectivity index (χ0v) is 14.4. The summed E-state index contributed by atoms with van der Waals surface area (Å²) < 4.78 is 28.1. The van der Waals surface area contributed by atoms with Crippen molar-refractivity contribution >= 4 is 26.0 Å². The van der Waals surface area contributed by atoms with Crippen molar-refractivity contribution in [3.63, 3.8) is 0 Å². The summed E-state index contributed by atoms with van der Waals surface area (Å²) in [7, 11) is -3.41. The van der Waals surface area contributed by atoms with Gasteiger partial charge < -0.3 is 5.32 Å². The van der Waals surface area contributed by atoms with E-state index in [0.29, 0.717) is 22.5 Å². The average Bonchev–Trinajstić information content (AvgIpc) is 2.48.